The first-order valence-corrected chi connectivity index (χ1v) is 15.8. The highest BCUT2D eigenvalue weighted by atomic mass is 19.4. The number of rotatable bonds is 8. The topological polar surface area (TPSA) is 72.0 Å². The summed E-state index contributed by atoms with van der Waals surface area (Å²) < 4.78 is 51.5. The Morgan fingerprint density at radius 1 is 0.851 bits per heavy atom. The number of hydrogen-bond donors (Lipinski definition) is 0. The van der Waals surface area contributed by atoms with Gasteiger partial charge in [0, 0.05) is 35.7 Å². The molecule has 10 heteroatoms. The fourth-order valence-corrected chi connectivity index (χ4v) is 6.88. The van der Waals surface area contributed by atoms with Gasteiger partial charge in [0.05, 0.1) is 12.5 Å². The van der Waals surface area contributed by atoms with Gasteiger partial charge in [-0.1, -0.05) is 60.7 Å². The van der Waals surface area contributed by atoms with E-state index in [0.717, 1.165) is 11.1 Å². The van der Waals surface area contributed by atoms with E-state index in [1.807, 2.05) is 60.7 Å². The molecule has 1 saturated heterocycles. The number of fused-ring (bicyclic) bond motifs is 1. The summed E-state index contributed by atoms with van der Waals surface area (Å²) in [7, 11) is 0. The second-order valence-electron chi connectivity index (χ2n) is 12.8. The third kappa shape index (κ3) is 6.41. The third-order valence-electron chi connectivity index (χ3n) is 9.56. The summed E-state index contributed by atoms with van der Waals surface area (Å²) in [5, 5.41) is 0. The van der Waals surface area contributed by atoms with Gasteiger partial charge in [0.15, 0.2) is 0 Å². The fraction of sp³-hybridized carbons (Fsp3) is 0.324. The maximum absolute atomic E-state index is 13.6. The number of carbonyl (C=O) groups is 2. The summed E-state index contributed by atoms with van der Waals surface area (Å²) in [6, 6.07) is 27.9. The van der Waals surface area contributed by atoms with Crippen LogP contribution in [-0.2, 0) is 19.8 Å². The van der Waals surface area contributed by atoms with Crippen molar-refractivity contribution in [1.29, 1.82) is 0 Å². The lowest BCUT2D eigenvalue weighted by atomic mass is 9.65. The van der Waals surface area contributed by atoms with Crippen LogP contribution in [0.1, 0.15) is 63.1 Å². The normalized spacial score (nSPS) is 17.4. The number of anilines is 1. The Bertz CT molecular complexity index is 1770. The molecule has 4 aromatic rings. The van der Waals surface area contributed by atoms with E-state index in [9.17, 15) is 22.8 Å². The molecule has 1 spiro atoms. The predicted molar refractivity (Wildman–Crippen MR) is 169 cm³/mol. The molecule has 1 aromatic heterocycles. The zero-order valence-corrected chi connectivity index (χ0v) is 25.7. The van der Waals surface area contributed by atoms with E-state index in [0.29, 0.717) is 60.8 Å². The van der Waals surface area contributed by atoms with Crippen LogP contribution in [0, 0.1) is 11.3 Å². The lowest BCUT2D eigenvalue weighted by molar-refractivity contribution is -0.192. The smallest absolute Gasteiger partial charge is 0.391 e. The van der Waals surface area contributed by atoms with Gasteiger partial charge in [0.1, 0.15) is 18.9 Å². The Hall–Kier alpha value is -4.86. The number of pyridine rings is 1. The third-order valence-corrected chi connectivity index (χ3v) is 9.56. The molecule has 0 bridgehead atoms. The summed E-state index contributed by atoms with van der Waals surface area (Å²) in [6.45, 7) is 1.72. The standard InChI is InChI=1S/C37H34F3N3O4/c38-37(39,40)29-15-17-36(18-16-29)23-42(24-36)34(44)27-11-12-30-28(19-27)20-43(35(30)45)31-13-14-32(46-21-25-7-3-1-4-8-25)41-33(31)47-22-26-9-5-2-6-10-26/h1-14,19,29H,15-18,20-24H2. The lowest BCUT2D eigenvalue weighted by Gasteiger charge is -2.53. The Kier molecular flexibility index (Phi) is 8.11. The first kappa shape index (κ1) is 30.8. The highest BCUT2D eigenvalue weighted by Crippen LogP contribution is 2.49. The van der Waals surface area contributed by atoms with Crippen LogP contribution in [0.2, 0.25) is 0 Å². The number of amides is 2. The van der Waals surface area contributed by atoms with Crippen molar-refractivity contribution in [2.75, 3.05) is 18.0 Å². The van der Waals surface area contributed by atoms with Crippen molar-refractivity contribution in [3.05, 3.63) is 119 Å². The second kappa shape index (κ2) is 12.4. The van der Waals surface area contributed by atoms with E-state index in [4.69, 9.17) is 9.47 Å². The van der Waals surface area contributed by atoms with Crippen molar-refractivity contribution in [2.45, 2.75) is 51.6 Å². The molecule has 3 heterocycles. The van der Waals surface area contributed by atoms with E-state index in [1.165, 1.54) is 0 Å². The molecule has 2 aliphatic heterocycles. The molecule has 2 amide bonds. The molecule has 3 aliphatic rings. The van der Waals surface area contributed by atoms with Gasteiger partial charge in [-0.3, -0.25) is 14.5 Å². The van der Waals surface area contributed by atoms with Gasteiger partial charge >= 0.3 is 6.18 Å². The molecule has 242 valence electrons. The summed E-state index contributed by atoms with van der Waals surface area (Å²) in [6.07, 6.45) is -2.96. The van der Waals surface area contributed by atoms with Gasteiger partial charge in [-0.05, 0) is 66.6 Å². The molecule has 7 nitrogen and oxygen atoms in total. The molecule has 7 rings (SSSR count). The minimum absolute atomic E-state index is 0.119. The summed E-state index contributed by atoms with van der Waals surface area (Å²) in [5.74, 6) is -1.03. The van der Waals surface area contributed by atoms with Crippen LogP contribution in [0.25, 0.3) is 0 Å². The zero-order chi connectivity index (χ0) is 32.6. The minimum atomic E-state index is -4.15. The molecule has 0 unspecified atom stereocenters. The first-order valence-electron chi connectivity index (χ1n) is 15.8. The van der Waals surface area contributed by atoms with E-state index in [1.54, 1.807) is 40.1 Å². The summed E-state index contributed by atoms with van der Waals surface area (Å²) in [4.78, 5) is 35.0. The SMILES string of the molecule is O=C(c1ccc2c(c1)CN(c1ccc(OCc3ccccc3)nc1OCc1ccccc1)C2=O)N1CC2(CCC(C(F)(F)F)CC2)C1. The van der Waals surface area contributed by atoms with E-state index in [2.05, 4.69) is 4.98 Å². The van der Waals surface area contributed by atoms with Gasteiger partial charge in [-0.2, -0.15) is 18.2 Å². The van der Waals surface area contributed by atoms with Crippen molar-refractivity contribution in [2.24, 2.45) is 11.3 Å². The van der Waals surface area contributed by atoms with E-state index in [-0.39, 0.29) is 49.1 Å². The van der Waals surface area contributed by atoms with Gasteiger partial charge in [0.2, 0.25) is 11.8 Å². The van der Waals surface area contributed by atoms with E-state index < -0.39 is 12.1 Å². The second-order valence-corrected chi connectivity index (χ2v) is 12.8. The Balaban J connectivity index is 1.06. The van der Waals surface area contributed by atoms with Crippen LogP contribution < -0.4 is 14.4 Å². The highest BCUT2D eigenvalue weighted by molar-refractivity contribution is 6.11. The molecule has 3 aromatic carbocycles. The Labute approximate surface area is 270 Å². The molecular formula is C37H34F3N3O4. The quantitative estimate of drug-likeness (QED) is 0.198. The van der Waals surface area contributed by atoms with Crippen LogP contribution in [-0.4, -0.2) is 41.0 Å². The number of benzene rings is 3. The van der Waals surface area contributed by atoms with Crippen molar-refractivity contribution >= 4 is 17.5 Å². The Morgan fingerprint density at radius 3 is 2.13 bits per heavy atom. The van der Waals surface area contributed by atoms with Crippen LogP contribution in [0.4, 0.5) is 18.9 Å². The average Bonchev–Trinajstić information content (AvgIpc) is 3.40. The number of halogens is 3. The van der Waals surface area contributed by atoms with Crippen molar-refractivity contribution < 1.29 is 32.2 Å². The number of nitrogens with zero attached hydrogens (tertiary/aromatic N) is 3. The van der Waals surface area contributed by atoms with Gasteiger partial charge in [-0.25, -0.2) is 0 Å². The zero-order valence-electron chi connectivity index (χ0n) is 25.7. The number of alkyl halides is 3. The molecule has 0 radical (unpaired) electrons. The van der Waals surface area contributed by atoms with Crippen molar-refractivity contribution in [3.63, 3.8) is 0 Å². The molecule has 0 N–H and O–H groups in total. The fourth-order valence-electron chi connectivity index (χ4n) is 6.88. The number of aromatic nitrogens is 1. The molecule has 1 saturated carbocycles. The van der Waals surface area contributed by atoms with Gasteiger partial charge in [-0.15, -0.1) is 0 Å². The first-order chi connectivity index (χ1) is 22.7. The molecule has 0 atom stereocenters. The monoisotopic (exact) mass is 641 g/mol. The molecule has 1 aliphatic carbocycles. The van der Waals surface area contributed by atoms with Crippen LogP contribution in [0.5, 0.6) is 11.8 Å². The number of likely N-dealkylation sites (tertiary alicyclic amines) is 1. The summed E-state index contributed by atoms with van der Waals surface area (Å²) in [5.41, 5.74) is 3.85. The largest absolute Gasteiger partial charge is 0.473 e. The molecular weight excluding hydrogens is 607 g/mol. The average molecular weight is 642 g/mol. The number of ether oxygens (including phenoxy) is 2. The number of carbonyl (C=O) groups excluding carboxylic acids is 2. The van der Waals surface area contributed by atoms with Crippen LogP contribution >= 0.6 is 0 Å². The van der Waals surface area contributed by atoms with E-state index >= 15 is 0 Å². The highest BCUT2D eigenvalue weighted by Gasteiger charge is 2.51. The molecule has 2 fully saturated rings. The molecule has 47 heavy (non-hydrogen) atoms. The van der Waals surface area contributed by atoms with Gasteiger partial charge in [0.25, 0.3) is 11.8 Å². The predicted octanol–water partition coefficient (Wildman–Crippen LogP) is 7.59. The van der Waals surface area contributed by atoms with Gasteiger partial charge < -0.3 is 14.4 Å². The maximum Gasteiger partial charge on any atom is 0.391 e. The maximum atomic E-state index is 13.6. The lowest BCUT2D eigenvalue weighted by Crippen LogP contribution is -2.59. The van der Waals surface area contributed by atoms with Crippen LogP contribution in [0.3, 0.4) is 0 Å². The van der Waals surface area contributed by atoms with Crippen molar-refractivity contribution in [1.82, 2.24) is 9.88 Å². The minimum Gasteiger partial charge on any atom is -0.473 e. The Morgan fingerprint density at radius 2 is 1.49 bits per heavy atom. The number of hydrogen-bond acceptors (Lipinski definition) is 5. The summed E-state index contributed by atoms with van der Waals surface area (Å²) >= 11 is 0. The van der Waals surface area contributed by atoms with Crippen LogP contribution in [0.15, 0.2) is 91.0 Å². The van der Waals surface area contributed by atoms with Crippen molar-refractivity contribution in [3.8, 4) is 11.8 Å².